The number of nitrogens with one attached hydrogen (secondary N) is 1. The van der Waals surface area contributed by atoms with E-state index in [0.29, 0.717) is 0 Å². The van der Waals surface area contributed by atoms with Crippen LogP contribution in [0.3, 0.4) is 0 Å². The second-order valence-corrected chi connectivity index (χ2v) is 5.02. The first-order chi connectivity index (χ1) is 9.91. The van der Waals surface area contributed by atoms with Crippen LogP contribution in [0, 0.1) is 6.92 Å². The highest BCUT2D eigenvalue weighted by Gasteiger charge is 2.30. The molecule has 112 valence electrons. The minimum Gasteiger partial charge on any atom is -0.307 e. The van der Waals surface area contributed by atoms with Crippen LogP contribution in [0.15, 0.2) is 48.5 Å². The number of benzene rings is 2. The van der Waals surface area contributed by atoms with E-state index >= 15 is 0 Å². The minimum absolute atomic E-state index is 0.0992. The van der Waals surface area contributed by atoms with Crippen LogP contribution in [0.4, 0.5) is 13.2 Å². The third kappa shape index (κ3) is 3.85. The van der Waals surface area contributed by atoms with Crippen LogP contribution in [-0.4, -0.2) is 6.54 Å². The molecule has 0 fully saturated rings. The molecule has 0 saturated heterocycles. The van der Waals surface area contributed by atoms with Crippen LogP contribution in [0.5, 0.6) is 0 Å². The Morgan fingerprint density at radius 3 is 1.81 bits per heavy atom. The van der Waals surface area contributed by atoms with Crippen molar-refractivity contribution in [1.82, 2.24) is 5.32 Å². The van der Waals surface area contributed by atoms with E-state index in [9.17, 15) is 13.2 Å². The molecule has 0 radical (unpaired) electrons. The van der Waals surface area contributed by atoms with Crippen LogP contribution in [0.2, 0.25) is 0 Å². The van der Waals surface area contributed by atoms with E-state index < -0.39 is 11.7 Å². The SMILES string of the molecule is CCNC(c1ccc(C)cc1)c1ccc(C(F)(F)F)cc1. The van der Waals surface area contributed by atoms with E-state index in [-0.39, 0.29) is 6.04 Å². The number of hydrogen-bond donors (Lipinski definition) is 1. The predicted octanol–water partition coefficient (Wildman–Crippen LogP) is 4.71. The molecule has 4 heteroatoms. The molecule has 2 aromatic carbocycles. The highest BCUT2D eigenvalue weighted by molar-refractivity contribution is 5.35. The van der Waals surface area contributed by atoms with E-state index in [1.165, 1.54) is 12.1 Å². The van der Waals surface area contributed by atoms with Gasteiger partial charge in [-0.05, 0) is 36.7 Å². The van der Waals surface area contributed by atoms with E-state index in [4.69, 9.17) is 0 Å². The average Bonchev–Trinajstić information content (AvgIpc) is 2.45. The molecule has 0 aromatic heterocycles. The fraction of sp³-hybridized carbons (Fsp3) is 0.294. The third-order valence-electron chi connectivity index (χ3n) is 3.39. The highest BCUT2D eigenvalue weighted by atomic mass is 19.4. The van der Waals surface area contributed by atoms with Crippen molar-refractivity contribution in [3.63, 3.8) is 0 Å². The van der Waals surface area contributed by atoms with Gasteiger partial charge in [0.05, 0.1) is 11.6 Å². The molecule has 0 spiro atoms. The van der Waals surface area contributed by atoms with Gasteiger partial charge in [-0.1, -0.05) is 48.9 Å². The van der Waals surface area contributed by atoms with Crippen molar-refractivity contribution in [2.45, 2.75) is 26.1 Å². The quantitative estimate of drug-likeness (QED) is 0.860. The normalized spacial score (nSPS) is 13.2. The molecule has 0 aliphatic carbocycles. The summed E-state index contributed by atoms with van der Waals surface area (Å²) in [5.74, 6) is 0. The molecule has 1 nitrogen and oxygen atoms in total. The number of alkyl halides is 3. The maximum absolute atomic E-state index is 12.6. The lowest BCUT2D eigenvalue weighted by atomic mass is 9.97. The second kappa shape index (κ2) is 6.31. The van der Waals surface area contributed by atoms with Gasteiger partial charge in [0.15, 0.2) is 0 Å². The molecular weight excluding hydrogens is 275 g/mol. The first kappa shape index (κ1) is 15.6. The van der Waals surface area contributed by atoms with Gasteiger partial charge in [-0.2, -0.15) is 13.2 Å². The van der Waals surface area contributed by atoms with Gasteiger partial charge in [-0.3, -0.25) is 0 Å². The van der Waals surface area contributed by atoms with Gasteiger partial charge in [0.25, 0.3) is 0 Å². The Morgan fingerprint density at radius 1 is 0.905 bits per heavy atom. The molecule has 2 rings (SSSR count). The van der Waals surface area contributed by atoms with Gasteiger partial charge in [-0.15, -0.1) is 0 Å². The molecule has 0 aliphatic heterocycles. The summed E-state index contributed by atoms with van der Waals surface area (Å²) >= 11 is 0. The molecule has 1 unspecified atom stereocenters. The van der Waals surface area contributed by atoms with Gasteiger partial charge >= 0.3 is 6.18 Å². The molecule has 1 atom stereocenters. The smallest absolute Gasteiger partial charge is 0.307 e. The molecule has 0 bridgehead atoms. The molecular formula is C17H18F3N. The monoisotopic (exact) mass is 293 g/mol. The number of aryl methyl sites for hydroxylation is 1. The topological polar surface area (TPSA) is 12.0 Å². The molecule has 2 aromatic rings. The maximum atomic E-state index is 12.6. The zero-order valence-corrected chi connectivity index (χ0v) is 12.0. The van der Waals surface area contributed by atoms with E-state index in [1.54, 1.807) is 0 Å². The molecule has 0 amide bonds. The number of rotatable bonds is 4. The summed E-state index contributed by atoms with van der Waals surface area (Å²) in [5, 5.41) is 3.31. The van der Waals surface area contributed by atoms with Gasteiger partial charge in [-0.25, -0.2) is 0 Å². The summed E-state index contributed by atoms with van der Waals surface area (Å²) in [4.78, 5) is 0. The minimum atomic E-state index is -4.30. The first-order valence-electron chi connectivity index (χ1n) is 6.89. The Labute approximate surface area is 122 Å². The number of halogens is 3. The van der Waals surface area contributed by atoms with Gasteiger partial charge < -0.3 is 5.32 Å². The van der Waals surface area contributed by atoms with Crippen molar-refractivity contribution in [2.24, 2.45) is 0 Å². The van der Waals surface area contributed by atoms with Crippen LogP contribution >= 0.6 is 0 Å². The fourth-order valence-corrected chi connectivity index (χ4v) is 2.26. The molecule has 0 saturated carbocycles. The summed E-state index contributed by atoms with van der Waals surface area (Å²) in [6, 6.07) is 13.2. The highest BCUT2D eigenvalue weighted by Crippen LogP contribution is 2.31. The Bertz CT molecular complexity index is 570. The van der Waals surface area contributed by atoms with E-state index in [2.05, 4.69) is 5.32 Å². The number of hydrogen-bond acceptors (Lipinski definition) is 1. The Hall–Kier alpha value is -1.81. The van der Waals surface area contributed by atoms with E-state index in [0.717, 1.165) is 35.4 Å². The Balaban J connectivity index is 2.32. The van der Waals surface area contributed by atoms with Crippen LogP contribution in [-0.2, 0) is 6.18 Å². The molecule has 21 heavy (non-hydrogen) atoms. The summed E-state index contributed by atoms with van der Waals surface area (Å²) in [6.07, 6.45) is -4.30. The lowest BCUT2D eigenvalue weighted by Gasteiger charge is -2.20. The van der Waals surface area contributed by atoms with Crippen LogP contribution < -0.4 is 5.32 Å². The standard InChI is InChI=1S/C17H18F3N/c1-3-21-16(13-6-4-12(2)5-7-13)14-8-10-15(11-9-14)17(18,19)20/h4-11,16,21H,3H2,1-2H3. The van der Waals surface area contributed by atoms with Crippen molar-refractivity contribution >= 4 is 0 Å². The zero-order valence-electron chi connectivity index (χ0n) is 12.0. The third-order valence-corrected chi connectivity index (χ3v) is 3.39. The van der Waals surface area contributed by atoms with Crippen LogP contribution in [0.25, 0.3) is 0 Å². The average molecular weight is 293 g/mol. The molecule has 0 aliphatic rings. The van der Waals surface area contributed by atoms with Gasteiger partial charge in [0, 0.05) is 0 Å². The summed E-state index contributed by atoms with van der Waals surface area (Å²) in [7, 11) is 0. The van der Waals surface area contributed by atoms with Gasteiger partial charge in [0.2, 0.25) is 0 Å². The van der Waals surface area contributed by atoms with Crippen molar-refractivity contribution in [3.05, 3.63) is 70.8 Å². The summed E-state index contributed by atoms with van der Waals surface area (Å²) in [6.45, 7) is 4.72. The second-order valence-electron chi connectivity index (χ2n) is 5.02. The lowest BCUT2D eigenvalue weighted by Crippen LogP contribution is -2.22. The largest absolute Gasteiger partial charge is 0.416 e. The summed E-state index contributed by atoms with van der Waals surface area (Å²) < 4.78 is 37.9. The van der Waals surface area contributed by atoms with Crippen molar-refractivity contribution in [1.29, 1.82) is 0 Å². The van der Waals surface area contributed by atoms with E-state index in [1.807, 2.05) is 38.1 Å². The fourth-order valence-electron chi connectivity index (χ4n) is 2.26. The Kier molecular flexibility index (Phi) is 4.68. The first-order valence-corrected chi connectivity index (χ1v) is 6.89. The van der Waals surface area contributed by atoms with Crippen molar-refractivity contribution in [2.75, 3.05) is 6.54 Å². The Morgan fingerprint density at radius 2 is 1.38 bits per heavy atom. The molecule has 0 heterocycles. The lowest BCUT2D eigenvalue weighted by molar-refractivity contribution is -0.137. The van der Waals surface area contributed by atoms with Gasteiger partial charge in [0.1, 0.15) is 0 Å². The molecule has 1 N–H and O–H groups in total. The van der Waals surface area contributed by atoms with Crippen LogP contribution in [0.1, 0.15) is 35.2 Å². The van der Waals surface area contributed by atoms with Crippen molar-refractivity contribution < 1.29 is 13.2 Å². The zero-order chi connectivity index (χ0) is 15.5. The summed E-state index contributed by atoms with van der Waals surface area (Å²) in [5.41, 5.74) is 2.41. The maximum Gasteiger partial charge on any atom is 0.416 e. The van der Waals surface area contributed by atoms with Crippen molar-refractivity contribution in [3.8, 4) is 0 Å². The predicted molar refractivity (Wildman–Crippen MR) is 78.1 cm³/mol.